The third-order valence-corrected chi connectivity index (χ3v) is 3.40. The summed E-state index contributed by atoms with van der Waals surface area (Å²) in [7, 11) is 0. The van der Waals surface area contributed by atoms with Crippen molar-refractivity contribution in [2.45, 2.75) is 26.8 Å². The Morgan fingerprint density at radius 2 is 2.00 bits per heavy atom. The first kappa shape index (κ1) is 15.8. The number of rotatable bonds is 6. The highest BCUT2D eigenvalue weighted by Gasteiger charge is 2.11. The van der Waals surface area contributed by atoms with Crippen molar-refractivity contribution in [2.75, 3.05) is 6.54 Å². The number of nitrogens with one attached hydrogen (secondary N) is 1. The fraction of sp³-hybridized carbons (Fsp3) is 0.294. The molecular formula is C17H19ClFNO. The van der Waals surface area contributed by atoms with E-state index >= 15 is 0 Å². The van der Waals surface area contributed by atoms with Crippen LogP contribution in [0.25, 0.3) is 0 Å². The van der Waals surface area contributed by atoms with Crippen molar-refractivity contribution in [3.8, 4) is 11.5 Å². The zero-order valence-electron chi connectivity index (χ0n) is 12.2. The molecule has 2 rings (SSSR count). The lowest BCUT2D eigenvalue weighted by molar-refractivity contribution is 0.459. The summed E-state index contributed by atoms with van der Waals surface area (Å²) < 4.78 is 19.9. The highest BCUT2D eigenvalue weighted by molar-refractivity contribution is 6.30. The molecular weight excluding hydrogens is 289 g/mol. The molecule has 2 aromatic carbocycles. The predicted octanol–water partition coefficient (Wildman–Crippen LogP) is 5.08. The summed E-state index contributed by atoms with van der Waals surface area (Å²) in [6.45, 7) is 5.27. The van der Waals surface area contributed by atoms with E-state index in [1.165, 1.54) is 6.07 Å². The van der Waals surface area contributed by atoms with Crippen molar-refractivity contribution in [2.24, 2.45) is 0 Å². The monoisotopic (exact) mass is 307 g/mol. The predicted molar refractivity (Wildman–Crippen MR) is 84.7 cm³/mol. The second kappa shape index (κ2) is 7.43. The van der Waals surface area contributed by atoms with Crippen molar-refractivity contribution in [3.63, 3.8) is 0 Å². The Balaban J connectivity index is 2.24. The molecule has 0 saturated carbocycles. The van der Waals surface area contributed by atoms with Crippen molar-refractivity contribution in [3.05, 3.63) is 58.4 Å². The van der Waals surface area contributed by atoms with Crippen LogP contribution in [0.3, 0.4) is 0 Å². The van der Waals surface area contributed by atoms with E-state index in [9.17, 15) is 4.39 Å². The molecule has 2 nitrogen and oxygen atoms in total. The van der Waals surface area contributed by atoms with E-state index in [0.29, 0.717) is 28.6 Å². The Hall–Kier alpha value is -1.58. The molecule has 0 spiro atoms. The fourth-order valence-electron chi connectivity index (χ4n) is 2.04. The number of halogens is 2. The van der Waals surface area contributed by atoms with Gasteiger partial charge in [0.25, 0.3) is 0 Å². The van der Waals surface area contributed by atoms with E-state index in [1.54, 1.807) is 24.3 Å². The molecule has 0 aliphatic rings. The molecule has 0 aliphatic carbocycles. The number of hydrogen-bond donors (Lipinski definition) is 1. The minimum absolute atomic E-state index is 0.261. The average molecular weight is 308 g/mol. The summed E-state index contributed by atoms with van der Waals surface area (Å²) in [5.74, 6) is 0.952. The molecule has 1 N–H and O–H groups in total. The lowest BCUT2D eigenvalue weighted by Crippen LogP contribution is -2.15. The largest absolute Gasteiger partial charge is 0.457 e. The molecule has 0 heterocycles. The summed E-state index contributed by atoms with van der Waals surface area (Å²) in [5.41, 5.74) is 1.46. The van der Waals surface area contributed by atoms with Gasteiger partial charge < -0.3 is 10.1 Å². The third-order valence-electron chi connectivity index (χ3n) is 3.16. The molecule has 112 valence electrons. The Morgan fingerprint density at radius 1 is 1.19 bits per heavy atom. The van der Waals surface area contributed by atoms with E-state index < -0.39 is 0 Å². The van der Waals surface area contributed by atoms with Crippen molar-refractivity contribution in [1.29, 1.82) is 0 Å². The zero-order chi connectivity index (χ0) is 15.2. The summed E-state index contributed by atoms with van der Waals surface area (Å²) in [6.07, 6.45) is 1.00. The topological polar surface area (TPSA) is 21.3 Å². The van der Waals surface area contributed by atoms with Gasteiger partial charge >= 0.3 is 0 Å². The molecule has 4 heteroatoms. The van der Waals surface area contributed by atoms with Gasteiger partial charge in [-0.15, -0.1) is 0 Å². The van der Waals surface area contributed by atoms with Gasteiger partial charge in [-0.25, -0.2) is 4.39 Å². The Labute approximate surface area is 129 Å². The average Bonchev–Trinajstić information content (AvgIpc) is 2.45. The van der Waals surface area contributed by atoms with E-state index in [-0.39, 0.29) is 5.82 Å². The van der Waals surface area contributed by atoms with Gasteiger partial charge in [0.15, 0.2) is 0 Å². The van der Waals surface area contributed by atoms with Crippen molar-refractivity contribution >= 4 is 11.6 Å². The van der Waals surface area contributed by atoms with E-state index in [4.69, 9.17) is 16.3 Å². The first-order valence-corrected chi connectivity index (χ1v) is 7.41. The molecule has 0 unspecified atom stereocenters. The van der Waals surface area contributed by atoms with Gasteiger partial charge in [0.05, 0.1) is 0 Å². The summed E-state index contributed by atoms with van der Waals surface area (Å²) in [6, 6.07) is 10.3. The first-order chi connectivity index (χ1) is 10.1. The smallest absolute Gasteiger partial charge is 0.134 e. The molecule has 0 aliphatic heterocycles. The minimum atomic E-state index is -0.261. The molecule has 0 amide bonds. The number of benzene rings is 2. The fourth-order valence-corrected chi connectivity index (χ4v) is 2.27. The summed E-state index contributed by atoms with van der Waals surface area (Å²) in [4.78, 5) is 0. The number of hydrogen-bond acceptors (Lipinski definition) is 2. The maximum absolute atomic E-state index is 14.0. The third kappa shape index (κ3) is 4.19. The van der Waals surface area contributed by atoms with Crippen LogP contribution in [0.2, 0.25) is 5.02 Å². The van der Waals surface area contributed by atoms with Crippen LogP contribution in [-0.2, 0) is 6.54 Å². The van der Waals surface area contributed by atoms with E-state index in [1.807, 2.05) is 13.0 Å². The van der Waals surface area contributed by atoms with Crippen LogP contribution in [0.1, 0.15) is 24.5 Å². The molecule has 0 radical (unpaired) electrons. The van der Waals surface area contributed by atoms with Crippen molar-refractivity contribution in [1.82, 2.24) is 5.32 Å². The van der Waals surface area contributed by atoms with Gasteiger partial charge in [0.1, 0.15) is 17.3 Å². The summed E-state index contributed by atoms with van der Waals surface area (Å²) >= 11 is 5.94. The SMILES string of the molecule is CCCNCc1c(F)cccc1Oc1ccc(Cl)cc1C. The summed E-state index contributed by atoms with van der Waals surface area (Å²) in [5, 5.41) is 3.86. The maximum Gasteiger partial charge on any atom is 0.134 e. The lowest BCUT2D eigenvalue weighted by atomic mass is 10.1. The molecule has 0 atom stereocenters. The minimum Gasteiger partial charge on any atom is -0.457 e. The number of ether oxygens (including phenoxy) is 1. The Kier molecular flexibility index (Phi) is 5.59. The maximum atomic E-state index is 14.0. The second-order valence-corrected chi connectivity index (χ2v) is 5.34. The number of aryl methyl sites for hydroxylation is 1. The zero-order valence-corrected chi connectivity index (χ0v) is 13.0. The van der Waals surface area contributed by atoms with Crippen LogP contribution in [0.15, 0.2) is 36.4 Å². The van der Waals surface area contributed by atoms with Crippen molar-refractivity contribution < 1.29 is 9.13 Å². The quantitative estimate of drug-likeness (QED) is 0.751. The van der Waals surface area contributed by atoms with Crippen LogP contribution >= 0.6 is 11.6 Å². The van der Waals surface area contributed by atoms with Crippen LogP contribution < -0.4 is 10.1 Å². The molecule has 0 saturated heterocycles. The Morgan fingerprint density at radius 3 is 2.71 bits per heavy atom. The molecule has 0 aromatic heterocycles. The second-order valence-electron chi connectivity index (χ2n) is 4.91. The highest BCUT2D eigenvalue weighted by atomic mass is 35.5. The lowest BCUT2D eigenvalue weighted by Gasteiger charge is -2.14. The van der Waals surface area contributed by atoms with Gasteiger partial charge in [-0.1, -0.05) is 24.6 Å². The van der Waals surface area contributed by atoms with Gasteiger partial charge in [-0.05, 0) is 55.8 Å². The van der Waals surface area contributed by atoms with Gasteiger partial charge in [-0.2, -0.15) is 0 Å². The molecule has 0 bridgehead atoms. The van der Waals surface area contributed by atoms with Crippen LogP contribution in [-0.4, -0.2) is 6.54 Å². The normalized spacial score (nSPS) is 10.7. The molecule has 21 heavy (non-hydrogen) atoms. The van der Waals surface area contributed by atoms with Crippen LogP contribution in [0.4, 0.5) is 4.39 Å². The van der Waals surface area contributed by atoms with Crippen LogP contribution in [0, 0.1) is 12.7 Å². The van der Waals surface area contributed by atoms with Gasteiger partial charge in [0, 0.05) is 17.1 Å². The molecule has 0 fully saturated rings. The van der Waals surface area contributed by atoms with E-state index in [2.05, 4.69) is 12.2 Å². The molecule has 2 aromatic rings. The standard InChI is InChI=1S/C17H19ClFNO/c1-3-9-20-11-14-15(19)5-4-6-17(14)21-16-8-7-13(18)10-12(16)2/h4-8,10,20H,3,9,11H2,1-2H3. The van der Waals surface area contributed by atoms with Gasteiger partial charge in [0.2, 0.25) is 0 Å². The highest BCUT2D eigenvalue weighted by Crippen LogP contribution is 2.30. The van der Waals surface area contributed by atoms with Gasteiger partial charge in [-0.3, -0.25) is 0 Å². The van der Waals surface area contributed by atoms with Crippen LogP contribution in [0.5, 0.6) is 11.5 Å². The Bertz CT molecular complexity index is 616. The van der Waals surface area contributed by atoms with E-state index in [0.717, 1.165) is 18.5 Å². The first-order valence-electron chi connectivity index (χ1n) is 7.04.